The van der Waals surface area contributed by atoms with Crippen molar-refractivity contribution in [2.75, 3.05) is 0 Å². The first-order chi connectivity index (χ1) is 9.87. The van der Waals surface area contributed by atoms with Crippen LogP contribution in [0, 0.1) is 12.3 Å². The fourth-order valence-electron chi connectivity index (χ4n) is 2.84. The minimum Gasteiger partial charge on any atom is -0.455 e. The third-order valence-corrected chi connectivity index (χ3v) is 4.59. The highest BCUT2D eigenvalue weighted by molar-refractivity contribution is 8.02. The smallest absolute Gasteiger partial charge is 0.289 e. The van der Waals surface area contributed by atoms with Crippen molar-refractivity contribution in [3.05, 3.63) is 34.3 Å². The van der Waals surface area contributed by atoms with Crippen LogP contribution in [-0.4, -0.2) is 17.2 Å². The first-order valence-electron chi connectivity index (χ1n) is 6.90. The van der Waals surface area contributed by atoms with Crippen molar-refractivity contribution in [1.29, 1.82) is 0 Å². The minimum atomic E-state index is -0.291. The van der Waals surface area contributed by atoms with Gasteiger partial charge in [0.05, 0.1) is 5.56 Å². The molecule has 1 amide bonds. The number of fused-ring (bicyclic) bond motifs is 1. The van der Waals surface area contributed by atoms with Gasteiger partial charge >= 0.3 is 0 Å². The lowest BCUT2D eigenvalue weighted by atomic mass is 9.76. The molecule has 1 aliphatic carbocycles. The van der Waals surface area contributed by atoms with Gasteiger partial charge in [0.25, 0.3) is 5.91 Å². The molecule has 0 saturated carbocycles. The molecule has 0 aromatic carbocycles. The SMILES string of the molecule is Cc1c(C(=O)N[C@@H]2NC=CS2)oc2c1C(=O)CC(C)(C)C2. The molecule has 0 spiro atoms. The zero-order valence-electron chi connectivity index (χ0n) is 12.3. The maximum Gasteiger partial charge on any atom is 0.289 e. The second-order valence-corrected chi connectivity index (χ2v) is 7.27. The Bertz CT molecular complexity index is 638. The van der Waals surface area contributed by atoms with Gasteiger partial charge in [-0.25, -0.2) is 0 Å². The lowest BCUT2D eigenvalue weighted by molar-refractivity contribution is 0.0887. The Balaban J connectivity index is 1.87. The predicted molar refractivity (Wildman–Crippen MR) is 81.0 cm³/mol. The van der Waals surface area contributed by atoms with E-state index in [4.69, 9.17) is 4.42 Å². The molecule has 1 aliphatic heterocycles. The van der Waals surface area contributed by atoms with E-state index in [0.29, 0.717) is 29.7 Å². The summed E-state index contributed by atoms with van der Waals surface area (Å²) >= 11 is 1.47. The number of furan rings is 1. The molecule has 1 atom stereocenters. The van der Waals surface area contributed by atoms with Crippen molar-refractivity contribution in [2.45, 2.75) is 39.1 Å². The Morgan fingerprint density at radius 1 is 1.48 bits per heavy atom. The van der Waals surface area contributed by atoms with Crippen molar-refractivity contribution < 1.29 is 14.0 Å². The molecule has 0 bridgehead atoms. The average molecular weight is 306 g/mol. The van der Waals surface area contributed by atoms with Crippen LogP contribution in [0.4, 0.5) is 0 Å². The molecule has 0 radical (unpaired) electrons. The standard InChI is InChI=1S/C15H18N2O3S/c1-8-11-9(18)6-15(2,3)7-10(11)20-12(8)13(19)17-14-16-4-5-21-14/h4-5,14,16H,6-7H2,1-3H3,(H,17,19)/t14-/m0/s1. The third-order valence-electron chi connectivity index (χ3n) is 3.78. The van der Waals surface area contributed by atoms with Crippen molar-refractivity contribution in [3.8, 4) is 0 Å². The summed E-state index contributed by atoms with van der Waals surface area (Å²) in [4.78, 5) is 24.6. The monoisotopic (exact) mass is 306 g/mol. The maximum absolute atomic E-state index is 12.3. The van der Waals surface area contributed by atoms with Crippen LogP contribution in [0.1, 0.15) is 52.5 Å². The summed E-state index contributed by atoms with van der Waals surface area (Å²) < 4.78 is 5.72. The molecule has 1 aromatic rings. The number of amides is 1. The molecule has 6 heteroatoms. The zero-order chi connectivity index (χ0) is 15.2. The van der Waals surface area contributed by atoms with Gasteiger partial charge < -0.3 is 15.1 Å². The Kier molecular flexibility index (Phi) is 3.36. The lowest BCUT2D eigenvalue weighted by Gasteiger charge is -2.27. The van der Waals surface area contributed by atoms with Crippen LogP contribution in [0.3, 0.4) is 0 Å². The van der Waals surface area contributed by atoms with Crippen LogP contribution < -0.4 is 10.6 Å². The predicted octanol–water partition coefficient (Wildman–Crippen LogP) is 2.56. The molecule has 2 aliphatic rings. The van der Waals surface area contributed by atoms with Crippen molar-refractivity contribution in [2.24, 2.45) is 5.41 Å². The largest absolute Gasteiger partial charge is 0.455 e. The number of hydrogen-bond acceptors (Lipinski definition) is 5. The van der Waals surface area contributed by atoms with E-state index < -0.39 is 0 Å². The van der Waals surface area contributed by atoms with Crippen molar-refractivity contribution in [3.63, 3.8) is 0 Å². The summed E-state index contributed by atoms with van der Waals surface area (Å²) in [7, 11) is 0. The first kappa shape index (κ1) is 14.3. The normalized spacial score (nSPS) is 22.8. The summed E-state index contributed by atoms with van der Waals surface area (Å²) in [6, 6.07) is 0. The van der Waals surface area contributed by atoms with E-state index in [1.54, 1.807) is 13.1 Å². The third kappa shape index (κ3) is 2.60. The van der Waals surface area contributed by atoms with Gasteiger partial charge in [-0.05, 0) is 17.7 Å². The lowest BCUT2D eigenvalue weighted by Crippen LogP contribution is -2.38. The Morgan fingerprint density at radius 3 is 2.90 bits per heavy atom. The second-order valence-electron chi connectivity index (χ2n) is 6.25. The van der Waals surface area contributed by atoms with Crippen LogP contribution in [0.5, 0.6) is 0 Å². The maximum atomic E-state index is 12.3. The molecule has 2 N–H and O–H groups in total. The van der Waals surface area contributed by atoms with Crippen LogP contribution in [0.2, 0.25) is 0 Å². The van der Waals surface area contributed by atoms with Crippen LogP contribution in [0.15, 0.2) is 16.0 Å². The summed E-state index contributed by atoms with van der Waals surface area (Å²) in [5, 5.41) is 7.70. The molecule has 3 rings (SSSR count). The van der Waals surface area contributed by atoms with E-state index in [0.717, 1.165) is 0 Å². The number of carbonyl (C=O) groups is 2. The minimum absolute atomic E-state index is 0.0663. The molecule has 112 valence electrons. The molecule has 0 saturated heterocycles. The Hall–Kier alpha value is -1.69. The van der Waals surface area contributed by atoms with Gasteiger partial charge in [0, 0.05) is 24.6 Å². The topological polar surface area (TPSA) is 71.3 Å². The number of thioether (sulfide) groups is 1. The summed E-state index contributed by atoms with van der Waals surface area (Å²) in [6.45, 7) is 5.85. The average Bonchev–Trinajstić information content (AvgIpc) is 2.95. The molecular formula is C15H18N2O3S. The van der Waals surface area contributed by atoms with Gasteiger partial charge in [0.1, 0.15) is 5.76 Å². The Labute approximate surface area is 127 Å². The number of ketones is 1. The molecule has 0 unspecified atom stereocenters. The zero-order valence-corrected chi connectivity index (χ0v) is 13.1. The number of nitrogens with one attached hydrogen (secondary N) is 2. The van der Waals surface area contributed by atoms with Crippen LogP contribution in [-0.2, 0) is 6.42 Å². The molecule has 21 heavy (non-hydrogen) atoms. The van der Waals surface area contributed by atoms with Crippen LogP contribution in [0.25, 0.3) is 0 Å². The van der Waals surface area contributed by atoms with E-state index in [2.05, 4.69) is 10.6 Å². The van der Waals surface area contributed by atoms with E-state index in [9.17, 15) is 9.59 Å². The highest BCUT2D eigenvalue weighted by Gasteiger charge is 2.37. The fraction of sp³-hybridized carbons (Fsp3) is 0.467. The van der Waals surface area contributed by atoms with Gasteiger partial charge in [-0.3, -0.25) is 9.59 Å². The summed E-state index contributed by atoms with van der Waals surface area (Å²) in [6.07, 6.45) is 2.95. The van der Waals surface area contributed by atoms with E-state index in [1.807, 2.05) is 19.3 Å². The molecule has 0 fully saturated rings. The van der Waals surface area contributed by atoms with Crippen molar-refractivity contribution in [1.82, 2.24) is 10.6 Å². The van der Waals surface area contributed by atoms with Gasteiger partial charge in [0.15, 0.2) is 17.0 Å². The number of hydrogen-bond donors (Lipinski definition) is 2. The van der Waals surface area contributed by atoms with Gasteiger partial charge in [-0.15, -0.1) is 0 Å². The molecule has 2 heterocycles. The molecular weight excluding hydrogens is 288 g/mol. The van der Waals surface area contributed by atoms with E-state index >= 15 is 0 Å². The highest BCUT2D eigenvalue weighted by Crippen LogP contribution is 2.38. The Morgan fingerprint density at radius 2 is 2.24 bits per heavy atom. The summed E-state index contributed by atoms with van der Waals surface area (Å²) in [5.74, 6) is 0.669. The van der Waals surface area contributed by atoms with Gasteiger partial charge in [-0.2, -0.15) is 0 Å². The highest BCUT2D eigenvalue weighted by atomic mass is 32.2. The molecule has 5 nitrogen and oxygen atoms in total. The van der Waals surface area contributed by atoms with Crippen LogP contribution >= 0.6 is 11.8 Å². The number of Topliss-reactive ketones (excluding diaryl/α,β-unsaturated/α-hetero) is 1. The fourth-order valence-corrected chi connectivity index (χ4v) is 3.49. The second kappa shape index (κ2) is 4.94. The van der Waals surface area contributed by atoms with E-state index in [1.165, 1.54) is 11.8 Å². The van der Waals surface area contributed by atoms with Gasteiger partial charge in [-0.1, -0.05) is 25.6 Å². The quantitative estimate of drug-likeness (QED) is 0.878. The van der Waals surface area contributed by atoms with E-state index in [-0.39, 0.29) is 28.4 Å². The van der Waals surface area contributed by atoms with Gasteiger partial charge in [0.2, 0.25) is 0 Å². The first-order valence-corrected chi connectivity index (χ1v) is 7.84. The number of rotatable bonds is 2. The molecule has 1 aromatic heterocycles. The summed E-state index contributed by atoms with van der Waals surface area (Å²) in [5.41, 5.74) is 0.948. The van der Waals surface area contributed by atoms with Crippen molar-refractivity contribution >= 4 is 23.5 Å². The number of carbonyl (C=O) groups excluding carboxylic acids is 2.